The summed E-state index contributed by atoms with van der Waals surface area (Å²) in [6, 6.07) is 17.5. The summed E-state index contributed by atoms with van der Waals surface area (Å²) >= 11 is 3.46. The van der Waals surface area contributed by atoms with Crippen molar-refractivity contribution in [2.75, 3.05) is 5.32 Å². The number of halogens is 1. The highest BCUT2D eigenvalue weighted by Crippen LogP contribution is 2.23. The minimum Gasteiger partial charge on any atom is -0.491 e. The molecule has 0 spiro atoms. The fourth-order valence-corrected chi connectivity index (χ4v) is 2.93. The van der Waals surface area contributed by atoms with Crippen LogP contribution in [-0.4, -0.2) is 22.2 Å². The van der Waals surface area contributed by atoms with Gasteiger partial charge in [0.1, 0.15) is 11.6 Å². The lowest BCUT2D eigenvalue weighted by Gasteiger charge is -2.14. The molecule has 0 aliphatic carbocycles. The molecule has 1 atom stereocenters. The Labute approximate surface area is 160 Å². The number of rotatable bonds is 7. The van der Waals surface area contributed by atoms with Gasteiger partial charge in [0.25, 0.3) is 0 Å². The molecule has 3 aromatic rings. The Morgan fingerprint density at radius 1 is 1.19 bits per heavy atom. The largest absolute Gasteiger partial charge is 0.491 e. The van der Waals surface area contributed by atoms with Crippen LogP contribution in [0.3, 0.4) is 0 Å². The minimum atomic E-state index is -0.810. The number of hydrogen-bond donors (Lipinski definition) is 2. The average molecular weight is 415 g/mol. The Kier molecular flexibility index (Phi) is 5.73. The molecule has 3 rings (SSSR count). The van der Waals surface area contributed by atoms with Crippen LogP contribution in [0.5, 0.6) is 5.75 Å². The van der Waals surface area contributed by atoms with E-state index < -0.39 is 5.97 Å². The van der Waals surface area contributed by atoms with Gasteiger partial charge in [-0.1, -0.05) is 15.9 Å². The van der Waals surface area contributed by atoms with Crippen molar-refractivity contribution >= 4 is 44.3 Å². The maximum atomic E-state index is 10.6. The average Bonchev–Trinajstić information content (AvgIpc) is 2.62. The van der Waals surface area contributed by atoms with Gasteiger partial charge in [-0.25, -0.2) is 4.98 Å². The van der Waals surface area contributed by atoms with Crippen molar-refractivity contribution in [1.82, 2.24) is 4.98 Å². The van der Waals surface area contributed by atoms with E-state index >= 15 is 0 Å². The SMILES string of the molecule is CC(CCC(=O)O)Oc1ccc(Nc2ccc3cc(Br)ccc3n2)cc1. The molecule has 0 fully saturated rings. The Morgan fingerprint density at radius 2 is 1.96 bits per heavy atom. The molecule has 134 valence electrons. The lowest BCUT2D eigenvalue weighted by Crippen LogP contribution is -2.13. The van der Waals surface area contributed by atoms with E-state index in [1.165, 1.54) is 0 Å². The predicted molar refractivity (Wildman–Crippen MR) is 106 cm³/mol. The number of carboxylic acids is 1. The van der Waals surface area contributed by atoms with Crippen LogP contribution in [-0.2, 0) is 4.79 Å². The second-order valence-corrected chi connectivity index (χ2v) is 6.96. The number of carboxylic acid groups (broad SMARTS) is 1. The van der Waals surface area contributed by atoms with Gasteiger partial charge in [0, 0.05) is 22.0 Å². The standard InChI is InChI=1S/C20H19BrN2O3/c1-13(2-11-20(24)25)26-17-7-5-16(6-8-17)22-19-10-3-14-12-15(21)4-9-18(14)23-19/h3-10,12-13H,2,11H2,1H3,(H,22,23)(H,24,25). The van der Waals surface area contributed by atoms with Gasteiger partial charge in [-0.3, -0.25) is 4.79 Å². The normalized spacial score (nSPS) is 11.9. The maximum absolute atomic E-state index is 10.6. The van der Waals surface area contributed by atoms with Gasteiger partial charge in [-0.2, -0.15) is 0 Å². The van der Waals surface area contributed by atoms with E-state index in [-0.39, 0.29) is 12.5 Å². The van der Waals surface area contributed by atoms with Gasteiger partial charge in [0.2, 0.25) is 0 Å². The van der Waals surface area contributed by atoms with Crippen molar-refractivity contribution in [2.45, 2.75) is 25.9 Å². The monoisotopic (exact) mass is 414 g/mol. The van der Waals surface area contributed by atoms with Crippen LogP contribution in [0.1, 0.15) is 19.8 Å². The molecule has 2 N–H and O–H groups in total. The first-order valence-corrected chi connectivity index (χ1v) is 9.11. The van der Waals surface area contributed by atoms with E-state index in [1.807, 2.05) is 61.5 Å². The molecule has 0 bridgehead atoms. The van der Waals surface area contributed by atoms with Gasteiger partial charge < -0.3 is 15.2 Å². The highest BCUT2D eigenvalue weighted by Gasteiger charge is 2.07. The highest BCUT2D eigenvalue weighted by molar-refractivity contribution is 9.10. The molecule has 6 heteroatoms. The highest BCUT2D eigenvalue weighted by atomic mass is 79.9. The number of hydrogen-bond acceptors (Lipinski definition) is 4. The first kappa shape index (κ1) is 18.2. The van der Waals surface area contributed by atoms with E-state index in [2.05, 4.69) is 26.2 Å². The zero-order chi connectivity index (χ0) is 18.5. The zero-order valence-corrected chi connectivity index (χ0v) is 15.9. The van der Waals surface area contributed by atoms with Crippen LogP contribution in [0.15, 0.2) is 59.1 Å². The molecule has 0 saturated heterocycles. The Hall–Kier alpha value is -2.60. The van der Waals surface area contributed by atoms with E-state index in [0.717, 1.165) is 26.9 Å². The third kappa shape index (κ3) is 4.95. The molecular formula is C20H19BrN2O3. The molecule has 0 radical (unpaired) electrons. The lowest BCUT2D eigenvalue weighted by molar-refractivity contribution is -0.137. The van der Waals surface area contributed by atoms with Crippen LogP contribution < -0.4 is 10.1 Å². The maximum Gasteiger partial charge on any atom is 0.303 e. The number of pyridine rings is 1. The van der Waals surface area contributed by atoms with Crippen LogP contribution in [0.2, 0.25) is 0 Å². The van der Waals surface area contributed by atoms with Crippen LogP contribution in [0.25, 0.3) is 10.9 Å². The topological polar surface area (TPSA) is 71.5 Å². The van der Waals surface area contributed by atoms with Gasteiger partial charge in [0.15, 0.2) is 0 Å². The summed E-state index contributed by atoms with van der Waals surface area (Å²) in [6.45, 7) is 1.87. The fourth-order valence-electron chi connectivity index (χ4n) is 2.55. The Bertz CT molecular complexity index is 913. The first-order valence-electron chi connectivity index (χ1n) is 8.31. The second-order valence-electron chi connectivity index (χ2n) is 6.04. The van der Waals surface area contributed by atoms with Crippen molar-refractivity contribution < 1.29 is 14.6 Å². The molecule has 1 unspecified atom stereocenters. The summed E-state index contributed by atoms with van der Waals surface area (Å²) in [5.41, 5.74) is 1.82. The van der Waals surface area contributed by atoms with E-state index in [9.17, 15) is 4.79 Å². The minimum absolute atomic E-state index is 0.102. The third-order valence-electron chi connectivity index (χ3n) is 3.88. The van der Waals surface area contributed by atoms with Crippen LogP contribution in [0.4, 0.5) is 11.5 Å². The van der Waals surface area contributed by atoms with Gasteiger partial charge in [-0.05, 0) is 67.9 Å². The molecule has 2 aromatic carbocycles. The van der Waals surface area contributed by atoms with Crippen molar-refractivity contribution in [1.29, 1.82) is 0 Å². The Morgan fingerprint density at radius 3 is 2.69 bits per heavy atom. The number of fused-ring (bicyclic) bond motifs is 1. The van der Waals surface area contributed by atoms with E-state index in [4.69, 9.17) is 9.84 Å². The van der Waals surface area contributed by atoms with Gasteiger partial charge in [-0.15, -0.1) is 0 Å². The quantitative estimate of drug-likeness (QED) is 0.543. The molecule has 0 amide bonds. The van der Waals surface area contributed by atoms with Gasteiger partial charge in [0.05, 0.1) is 11.6 Å². The number of ether oxygens (including phenoxy) is 1. The Balaban J connectivity index is 1.63. The number of aromatic nitrogens is 1. The van der Waals surface area contributed by atoms with Crippen molar-refractivity contribution in [3.05, 3.63) is 59.1 Å². The van der Waals surface area contributed by atoms with E-state index in [1.54, 1.807) is 0 Å². The number of nitrogens with one attached hydrogen (secondary N) is 1. The molecule has 0 aliphatic rings. The molecule has 1 heterocycles. The summed E-state index contributed by atoms with van der Waals surface area (Å²) in [6.07, 6.45) is 0.434. The molecule has 1 aromatic heterocycles. The fraction of sp³-hybridized carbons (Fsp3) is 0.200. The lowest BCUT2D eigenvalue weighted by atomic mass is 10.2. The predicted octanol–water partition coefficient (Wildman–Crippen LogP) is 5.37. The summed E-state index contributed by atoms with van der Waals surface area (Å²) in [5.74, 6) is 0.670. The molecule has 5 nitrogen and oxygen atoms in total. The van der Waals surface area contributed by atoms with Crippen molar-refractivity contribution in [2.24, 2.45) is 0 Å². The summed E-state index contributed by atoms with van der Waals surface area (Å²) in [5, 5.41) is 13.1. The number of nitrogens with zero attached hydrogens (tertiary/aromatic N) is 1. The number of anilines is 2. The smallest absolute Gasteiger partial charge is 0.303 e. The molecule has 0 saturated carbocycles. The number of carbonyl (C=O) groups is 1. The van der Waals surface area contributed by atoms with Crippen LogP contribution >= 0.6 is 15.9 Å². The zero-order valence-electron chi connectivity index (χ0n) is 14.3. The number of benzene rings is 2. The molecule has 26 heavy (non-hydrogen) atoms. The number of aliphatic carboxylic acids is 1. The summed E-state index contributed by atoms with van der Waals surface area (Å²) in [7, 11) is 0. The molecular weight excluding hydrogens is 396 g/mol. The first-order chi connectivity index (χ1) is 12.5. The second kappa shape index (κ2) is 8.19. The third-order valence-corrected chi connectivity index (χ3v) is 4.37. The van der Waals surface area contributed by atoms with Crippen molar-refractivity contribution in [3.63, 3.8) is 0 Å². The summed E-state index contributed by atoms with van der Waals surface area (Å²) < 4.78 is 6.76. The van der Waals surface area contributed by atoms with E-state index in [0.29, 0.717) is 12.2 Å². The molecule has 0 aliphatic heterocycles. The van der Waals surface area contributed by atoms with Crippen molar-refractivity contribution in [3.8, 4) is 5.75 Å². The van der Waals surface area contributed by atoms with Gasteiger partial charge >= 0.3 is 5.97 Å². The van der Waals surface area contributed by atoms with Crippen LogP contribution in [0, 0.1) is 0 Å². The summed E-state index contributed by atoms with van der Waals surface area (Å²) in [4.78, 5) is 15.2.